The molecule has 0 aliphatic carbocycles. The van der Waals surface area contributed by atoms with Gasteiger partial charge in [-0.1, -0.05) is 54.6 Å². The summed E-state index contributed by atoms with van der Waals surface area (Å²) in [6, 6.07) is 17.8. The number of aliphatic hydroxyl groups excluding tert-OH is 1. The lowest BCUT2D eigenvalue weighted by atomic mass is 9.91. The molecule has 0 saturated carbocycles. The zero-order chi connectivity index (χ0) is 20.1. The number of ether oxygens (including phenoxy) is 1. The van der Waals surface area contributed by atoms with Crippen molar-refractivity contribution in [1.29, 1.82) is 0 Å². The molecule has 0 saturated heterocycles. The summed E-state index contributed by atoms with van der Waals surface area (Å²) in [6.45, 7) is 7.10. The number of nitrogens with one attached hydrogen (secondary N) is 1. The second kappa shape index (κ2) is 8.76. The quantitative estimate of drug-likeness (QED) is 0.831. The number of carbonyl (C=O) groups is 1. The van der Waals surface area contributed by atoms with Crippen LogP contribution in [0.25, 0.3) is 0 Å². The van der Waals surface area contributed by atoms with Crippen molar-refractivity contribution in [3.8, 4) is 0 Å². The second-order valence-electron chi connectivity index (χ2n) is 8.33. The lowest BCUT2D eigenvalue weighted by Crippen LogP contribution is -2.54. The van der Waals surface area contributed by atoms with E-state index in [0.717, 1.165) is 11.1 Å². The van der Waals surface area contributed by atoms with Crippen LogP contribution in [0.1, 0.15) is 37.5 Å². The maximum atomic E-state index is 12.8. The maximum Gasteiger partial charge on any atom is 0.410 e. The lowest BCUT2D eigenvalue weighted by Gasteiger charge is -2.40. The number of fused-ring (bicyclic) bond motifs is 1. The molecular formula is C23H30N2O3. The predicted octanol–water partition coefficient (Wildman–Crippen LogP) is 3.50. The van der Waals surface area contributed by atoms with Crippen LogP contribution in [0.3, 0.4) is 0 Å². The number of benzene rings is 2. The van der Waals surface area contributed by atoms with Crippen molar-refractivity contribution in [2.75, 3.05) is 6.54 Å². The van der Waals surface area contributed by atoms with E-state index in [0.29, 0.717) is 26.1 Å². The molecule has 0 bridgehead atoms. The Kier molecular flexibility index (Phi) is 6.37. The van der Waals surface area contributed by atoms with Gasteiger partial charge in [-0.25, -0.2) is 4.79 Å². The molecule has 1 aliphatic rings. The van der Waals surface area contributed by atoms with Crippen molar-refractivity contribution >= 4 is 6.09 Å². The molecule has 2 aromatic carbocycles. The van der Waals surface area contributed by atoms with E-state index in [-0.39, 0.29) is 12.1 Å². The Morgan fingerprint density at radius 2 is 1.79 bits per heavy atom. The van der Waals surface area contributed by atoms with Crippen LogP contribution in [0.5, 0.6) is 0 Å². The number of aliphatic hydroxyl groups is 1. The summed E-state index contributed by atoms with van der Waals surface area (Å²) in [5.41, 5.74) is 2.87. The summed E-state index contributed by atoms with van der Waals surface area (Å²) in [4.78, 5) is 14.5. The van der Waals surface area contributed by atoms with Gasteiger partial charge < -0.3 is 15.2 Å². The first-order valence-electron chi connectivity index (χ1n) is 9.82. The second-order valence-corrected chi connectivity index (χ2v) is 8.33. The Bertz CT molecular complexity index is 786. The van der Waals surface area contributed by atoms with Crippen LogP contribution in [-0.4, -0.2) is 40.4 Å². The molecule has 0 fully saturated rings. The first-order chi connectivity index (χ1) is 13.3. The molecule has 2 aromatic rings. The van der Waals surface area contributed by atoms with Gasteiger partial charge in [0.1, 0.15) is 5.60 Å². The monoisotopic (exact) mass is 382 g/mol. The van der Waals surface area contributed by atoms with Crippen molar-refractivity contribution in [2.24, 2.45) is 0 Å². The highest BCUT2D eigenvalue weighted by atomic mass is 16.6. The van der Waals surface area contributed by atoms with Gasteiger partial charge in [-0.15, -0.1) is 0 Å². The average Bonchev–Trinajstić information content (AvgIpc) is 2.66. The molecule has 0 spiro atoms. The average molecular weight is 383 g/mol. The third-order valence-electron chi connectivity index (χ3n) is 4.89. The molecule has 1 aliphatic heterocycles. The van der Waals surface area contributed by atoms with Gasteiger partial charge in [0.25, 0.3) is 0 Å². The van der Waals surface area contributed by atoms with E-state index in [1.165, 1.54) is 5.56 Å². The van der Waals surface area contributed by atoms with Crippen LogP contribution >= 0.6 is 0 Å². The Morgan fingerprint density at radius 3 is 2.46 bits per heavy atom. The minimum Gasteiger partial charge on any atom is -0.444 e. The molecule has 0 aromatic heterocycles. The molecule has 1 amide bonds. The Hall–Kier alpha value is -2.37. The molecule has 2 atom stereocenters. The lowest BCUT2D eigenvalue weighted by molar-refractivity contribution is -0.0116. The molecule has 2 N–H and O–H groups in total. The van der Waals surface area contributed by atoms with Crippen LogP contribution in [0.15, 0.2) is 54.6 Å². The Labute approximate surface area is 167 Å². The minimum atomic E-state index is -0.690. The maximum absolute atomic E-state index is 12.8. The zero-order valence-corrected chi connectivity index (χ0v) is 16.9. The first kappa shape index (κ1) is 20.4. The van der Waals surface area contributed by atoms with Crippen LogP contribution in [-0.2, 0) is 24.2 Å². The van der Waals surface area contributed by atoms with Crippen LogP contribution in [0.4, 0.5) is 4.79 Å². The Morgan fingerprint density at radius 1 is 1.14 bits per heavy atom. The highest BCUT2D eigenvalue weighted by Gasteiger charge is 2.36. The molecule has 0 radical (unpaired) electrons. The van der Waals surface area contributed by atoms with Crippen molar-refractivity contribution in [3.05, 3.63) is 71.3 Å². The zero-order valence-electron chi connectivity index (χ0n) is 16.9. The van der Waals surface area contributed by atoms with Crippen LogP contribution < -0.4 is 5.32 Å². The number of rotatable bonds is 5. The van der Waals surface area contributed by atoms with Gasteiger partial charge >= 0.3 is 6.09 Å². The number of amides is 1. The van der Waals surface area contributed by atoms with E-state index in [9.17, 15) is 9.90 Å². The third kappa shape index (κ3) is 5.33. The molecule has 1 heterocycles. The number of nitrogens with zero attached hydrogens (tertiary/aromatic N) is 1. The highest BCUT2D eigenvalue weighted by Crippen LogP contribution is 2.27. The molecule has 5 heteroatoms. The van der Waals surface area contributed by atoms with E-state index in [4.69, 9.17) is 4.74 Å². The largest absolute Gasteiger partial charge is 0.444 e. The summed E-state index contributed by atoms with van der Waals surface area (Å²) in [5, 5.41) is 14.2. The van der Waals surface area contributed by atoms with Crippen LogP contribution in [0.2, 0.25) is 0 Å². The molecular weight excluding hydrogens is 352 g/mol. The Balaban J connectivity index is 1.70. The fourth-order valence-corrected chi connectivity index (χ4v) is 3.51. The van der Waals surface area contributed by atoms with Gasteiger partial charge in [0, 0.05) is 19.6 Å². The van der Waals surface area contributed by atoms with Crippen LogP contribution in [0, 0.1) is 0 Å². The van der Waals surface area contributed by atoms with E-state index in [2.05, 4.69) is 11.4 Å². The summed E-state index contributed by atoms with van der Waals surface area (Å²) in [6.07, 6.45) is -0.456. The fourth-order valence-electron chi connectivity index (χ4n) is 3.51. The summed E-state index contributed by atoms with van der Waals surface area (Å²) < 4.78 is 5.60. The summed E-state index contributed by atoms with van der Waals surface area (Å²) in [7, 11) is 0. The fraction of sp³-hybridized carbons (Fsp3) is 0.435. The minimum absolute atomic E-state index is 0.326. The molecule has 5 nitrogen and oxygen atoms in total. The van der Waals surface area contributed by atoms with Gasteiger partial charge in [0.15, 0.2) is 0 Å². The van der Waals surface area contributed by atoms with Gasteiger partial charge in [0.05, 0.1) is 12.1 Å². The molecule has 28 heavy (non-hydrogen) atoms. The van der Waals surface area contributed by atoms with Gasteiger partial charge in [-0.2, -0.15) is 0 Å². The van der Waals surface area contributed by atoms with Crippen molar-refractivity contribution in [1.82, 2.24) is 10.2 Å². The SMILES string of the molecule is CC(C)(C)OC(=O)N1Cc2ccccc2C[C@H]1C(O)CNCc1ccccc1. The molecule has 1 unspecified atom stereocenters. The van der Waals surface area contributed by atoms with E-state index in [1.807, 2.05) is 69.3 Å². The number of hydrogen-bond donors (Lipinski definition) is 2. The summed E-state index contributed by atoms with van der Waals surface area (Å²) >= 11 is 0. The predicted molar refractivity (Wildman–Crippen MR) is 110 cm³/mol. The number of carbonyl (C=O) groups excluding carboxylic acids is 1. The topological polar surface area (TPSA) is 61.8 Å². The number of hydrogen-bond acceptors (Lipinski definition) is 4. The normalized spacial score (nSPS) is 17.7. The van der Waals surface area contributed by atoms with Gasteiger partial charge in [0.2, 0.25) is 0 Å². The van der Waals surface area contributed by atoms with Crippen molar-refractivity contribution in [2.45, 2.75) is 58.0 Å². The van der Waals surface area contributed by atoms with Gasteiger partial charge in [-0.05, 0) is 43.9 Å². The summed E-state index contributed by atoms with van der Waals surface area (Å²) in [5.74, 6) is 0. The van der Waals surface area contributed by atoms with E-state index in [1.54, 1.807) is 4.90 Å². The van der Waals surface area contributed by atoms with E-state index < -0.39 is 11.7 Å². The molecule has 3 rings (SSSR count). The van der Waals surface area contributed by atoms with E-state index >= 15 is 0 Å². The van der Waals surface area contributed by atoms with Gasteiger partial charge in [-0.3, -0.25) is 4.90 Å². The van der Waals surface area contributed by atoms with Crippen molar-refractivity contribution in [3.63, 3.8) is 0 Å². The third-order valence-corrected chi connectivity index (χ3v) is 4.89. The highest BCUT2D eigenvalue weighted by molar-refractivity contribution is 5.69. The standard InChI is InChI=1S/C23H30N2O3/c1-23(2,3)28-22(27)25-16-19-12-8-7-11-18(19)13-20(25)21(26)15-24-14-17-9-5-4-6-10-17/h4-12,20-21,24,26H,13-16H2,1-3H3/t20-,21?/m0/s1. The molecule has 150 valence electrons. The van der Waals surface area contributed by atoms with Crippen molar-refractivity contribution < 1.29 is 14.6 Å². The smallest absolute Gasteiger partial charge is 0.410 e. The first-order valence-corrected chi connectivity index (χ1v) is 9.82.